The molecule has 170 valence electrons. The Morgan fingerprint density at radius 3 is 2.45 bits per heavy atom. The number of nitrogens with one attached hydrogen (secondary N) is 1. The number of likely N-dealkylation sites (tertiary alicyclic amines) is 1. The summed E-state index contributed by atoms with van der Waals surface area (Å²) in [5, 5.41) is 6.81. The van der Waals surface area contributed by atoms with Gasteiger partial charge in [0.05, 0.1) is 33.6 Å². The van der Waals surface area contributed by atoms with Crippen molar-refractivity contribution in [1.82, 2.24) is 5.16 Å². The van der Waals surface area contributed by atoms with Crippen LogP contribution in [0.5, 0.6) is 0 Å². The fourth-order valence-corrected chi connectivity index (χ4v) is 3.92. The summed E-state index contributed by atoms with van der Waals surface area (Å²) >= 11 is 0. The second-order valence-electron chi connectivity index (χ2n) is 8.08. The zero-order chi connectivity index (χ0) is 22.9. The Labute approximate surface area is 184 Å². The summed E-state index contributed by atoms with van der Waals surface area (Å²) in [5.41, 5.74) is 1.68. The van der Waals surface area contributed by atoms with Crippen molar-refractivity contribution < 1.29 is 28.1 Å². The number of aromatic nitrogens is 1. The minimum Gasteiger partial charge on any atom is -0.504 e. The van der Waals surface area contributed by atoms with Crippen LogP contribution in [0.4, 0.5) is 5.69 Å². The lowest BCUT2D eigenvalue weighted by Gasteiger charge is -2.36. The summed E-state index contributed by atoms with van der Waals surface area (Å²) in [6, 6.07) is 0. The van der Waals surface area contributed by atoms with Crippen LogP contribution in [-0.2, 0) is 19.1 Å². The third-order valence-corrected chi connectivity index (χ3v) is 5.50. The Hall–Kier alpha value is -2.87. The molecule has 0 aromatic carbocycles. The van der Waals surface area contributed by atoms with Crippen LogP contribution in [0.25, 0.3) is 5.76 Å². The van der Waals surface area contributed by atoms with Crippen molar-refractivity contribution in [1.29, 1.82) is 0 Å². The second-order valence-corrected chi connectivity index (χ2v) is 8.08. The molecule has 1 N–H and O–H groups in total. The van der Waals surface area contributed by atoms with Crippen molar-refractivity contribution in [3.8, 4) is 0 Å². The van der Waals surface area contributed by atoms with Gasteiger partial charge in [0, 0.05) is 6.42 Å². The highest BCUT2D eigenvalue weighted by Crippen LogP contribution is 2.27. The number of ketones is 1. The first kappa shape index (κ1) is 24.4. The molecule has 1 aromatic heterocycles. The summed E-state index contributed by atoms with van der Waals surface area (Å²) in [6.07, 6.45) is 7.64. The molecule has 1 aliphatic heterocycles. The summed E-state index contributed by atoms with van der Waals surface area (Å²) < 4.78 is 15.7. The molecule has 0 spiro atoms. The molecular formula is C23H34N3O5+. The minimum atomic E-state index is -0.191. The van der Waals surface area contributed by atoms with Gasteiger partial charge in [-0.1, -0.05) is 18.3 Å². The van der Waals surface area contributed by atoms with Crippen LogP contribution in [0.1, 0.15) is 43.6 Å². The van der Waals surface area contributed by atoms with Gasteiger partial charge >= 0.3 is 0 Å². The summed E-state index contributed by atoms with van der Waals surface area (Å²) in [6.45, 7) is 11.5. The molecule has 0 unspecified atom stereocenters. The molecule has 8 heteroatoms. The minimum absolute atomic E-state index is 0.0649. The first-order valence-electron chi connectivity index (χ1n) is 10.5. The first-order valence-corrected chi connectivity index (χ1v) is 10.5. The van der Waals surface area contributed by atoms with Crippen LogP contribution in [-0.4, -0.2) is 61.7 Å². The third-order valence-electron chi connectivity index (χ3n) is 5.50. The maximum atomic E-state index is 13.0. The fourth-order valence-electron chi connectivity index (χ4n) is 3.92. The van der Waals surface area contributed by atoms with Gasteiger partial charge in [-0.05, 0) is 44.3 Å². The molecule has 0 bridgehead atoms. The van der Waals surface area contributed by atoms with Gasteiger partial charge in [0.15, 0.2) is 18.1 Å². The number of carbonyl (C=O) groups excluding carboxylic acids is 2. The zero-order valence-corrected chi connectivity index (χ0v) is 18.9. The number of rotatable bonds is 11. The van der Waals surface area contributed by atoms with Gasteiger partial charge in [0.2, 0.25) is 5.76 Å². The SMILES string of the molecule is C=C(/C=C\OC)CC(=O)C[N+]1(CC(=O)Nc2c(C)noc2C(=C)OC)CCCCCC1. The molecule has 2 heterocycles. The normalized spacial score (nSPS) is 15.8. The third kappa shape index (κ3) is 7.10. The zero-order valence-electron chi connectivity index (χ0n) is 18.9. The number of allylic oxidation sites excluding steroid dienone is 2. The average molecular weight is 433 g/mol. The summed E-state index contributed by atoms with van der Waals surface area (Å²) in [7, 11) is 3.02. The monoisotopic (exact) mass is 432 g/mol. The number of quaternary nitrogens is 1. The van der Waals surface area contributed by atoms with E-state index in [4.69, 9.17) is 14.0 Å². The maximum Gasteiger partial charge on any atom is 0.279 e. The van der Waals surface area contributed by atoms with E-state index in [2.05, 4.69) is 23.6 Å². The molecule has 1 fully saturated rings. The highest BCUT2D eigenvalue weighted by atomic mass is 16.5. The van der Waals surface area contributed by atoms with Crippen molar-refractivity contribution >= 4 is 23.1 Å². The van der Waals surface area contributed by atoms with Crippen molar-refractivity contribution in [2.45, 2.75) is 39.0 Å². The topological polar surface area (TPSA) is 90.7 Å². The molecule has 0 atom stereocenters. The molecule has 1 aromatic rings. The lowest BCUT2D eigenvalue weighted by molar-refractivity contribution is -0.912. The second kappa shape index (κ2) is 11.5. The van der Waals surface area contributed by atoms with Crippen LogP contribution < -0.4 is 5.32 Å². The van der Waals surface area contributed by atoms with Gasteiger partial charge in [-0.25, -0.2) is 0 Å². The summed E-state index contributed by atoms with van der Waals surface area (Å²) in [5.74, 6) is 0.458. The lowest BCUT2D eigenvalue weighted by Crippen LogP contribution is -2.55. The number of nitrogens with zero attached hydrogens (tertiary/aromatic N) is 2. The number of Topliss-reactive ketones (excluding diaryl/α,β-unsaturated/α-hetero) is 1. The molecule has 1 amide bonds. The lowest BCUT2D eigenvalue weighted by atomic mass is 10.1. The predicted octanol–water partition coefficient (Wildman–Crippen LogP) is 3.60. The molecule has 31 heavy (non-hydrogen) atoms. The van der Waals surface area contributed by atoms with Gasteiger partial charge in [0.1, 0.15) is 17.9 Å². The Balaban J connectivity index is 2.13. The van der Waals surface area contributed by atoms with E-state index in [0.717, 1.165) is 38.8 Å². The van der Waals surface area contributed by atoms with Gasteiger partial charge in [-0.2, -0.15) is 0 Å². The quantitative estimate of drug-likeness (QED) is 0.326. The van der Waals surface area contributed by atoms with E-state index in [-0.39, 0.29) is 30.4 Å². The number of ether oxygens (including phenoxy) is 2. The largest absolute Gasteiger partial charge is 0.504 e. The molecule has 1 saturated heterocycles. The number of amides is 1. The van der Waals surface area contributed by atoms with Gasteiger partial charge in [0.25, 0.3) is 5.91 Å². The number of hydrogen-bond donors (Lipinski definition) is 1. The standard InChI is InChI=1S/C23H33N3O5/c1-17(10-13-29-4)14-20(27)15-26(11-8-6-7-9-12-26)16-21(28)24-22-18(2)25-31-23(22)19(3)30-5/h10,13H,1,3,6-9,11-12,14-16H2,2,4-5H3/p+1/b13-10-. The Bertz CT molecular complexity index is 832. The van der Waals surface area contributed by atoms with Crippen LogP contribution in [0.3, 0.4) is 0 Å². The number of carbonyl (C=O) groups is 2. The van der Waals surface area contributed by atoms with E-state index in [0.29, 0.717) is 33.7 Å². The van der Waals surface area contributed by atoms with Gasteiger partial charge in [-0.15, -0.1) is 0 Å². The molecule has 0 aliphatic carbocycles. The molecule has 0 radical (unpaired) electrons. The van der Waals surface area contributed by atoms with E-state index >= 15 is 0 Å². The maximum absolute atomic E-state index is 13.0. The van der Waals surface area contributed by atoms with Crippen LogP contribution >= 0.6 is 0 Å². The van der Waals surface area contributed by atoms with Crippen LogP contribution in [0.15, 0.2) is 35.6 Å². The number of methoxy groups -OCH3 is 2. The van der Waals surface area contributed by atoms with Crippen molar-refractivity contribution in [2.24, 2.45) is 0 Å². The average Bonchev–Trinajstić information content (AvgIpc) is 2.93. The highest BCUT2D eigenvalue weighted by molar-refractivity contribution is 5.94. The highest BCUT2D eigenvalue weighted by Gasteiger charge is 2.34. The van der Waals surface area contributed by atoms with E-state index in [1.54, 1.807) is 20.1 Å². The fraction of sp³-hybridized carbons (Fsp3) is 0.522. The Morgan fingerprint density at radius 2 is 1.84 bits per heavy atom. The number of hydrogen-bond acceptors (Lipinski definition) is 6. The van der Waals surface area contributed by atoms with Crippen LogP contribution in [0, 0.1) is 6.92 Å². The molecule has 1 aliphatic rings. The Morgan fingerprint density at radius 1 is 1.16 bits per heavy atom. The predicted molar refractivity (Wildman–Crippen MR) is 119 cm³/mol. The van der Waals surface area contributed by atoms with Crippen molar-refractivity contribution in [3.05, 3.63) is 42.5 Å². The Kier molecular flexibility index (Phi) is 9.05. The van der Waals surface area contributed by atoms with Gasteiger partial charge in [-0.3, -0.25) is 9.59 Å². The van der Waals surface area contributed by atoms with E-state index in [9.17, 15) is 9.59 Å². The van der Waals surface area contributed by atoms with Crippen LogP contribution in [0.2, 0.25) is 0 Å². The first-order chi connectivity index (χ1) is 14.8. The smallest absolute Gasteiger partial charge is 0.279 e. The molecule has 8 nitrogen and oxygen atoms in total. The van der Waals surface area contributed by atoms with Crippen molar-refractivity contribution in [3.63, 3.8) is 0 Å². The number of aryl methyl sites for hydroxylation is 1. The van der Waals surface area contributed by atoms with E-state index < -0.39 is 0 Å². The molecule has 0 saturated carbocycles. The molecule has 2 rings (SSSR count). The molecular weight excluding hydrogens is 398 g/mol. The van der Waals surface area contributed by atoms with Crippen molar-refractivity contribution in [2.75, 3.05) is 45.7 Å². The van der Waals surface area contributed by atoms with E-state index in [1.165, 1.54) is 13.4 Å². The van der Waals surface area contributed by atoms with E-state index in [1.807, 2.05) is 0 Å². The summed E-state index contributed by atoms with van der Waals surface area (Å²) in [4.78, 5) is 25.8. The van der Waals surface area contributed by atoms with Gasteiger partial charge < -0.3 is 23.8 Å². The number of anilines is 1.